The molecule has 8 nitrogen and oxygen atoms in total. The highest BCUT2D eigenvalue weighted by Crippen LogP contribution is 2.09. The third kappa shape index (κ3) is 10.2. The van der Waals surface area contributed by atoms with E-state index in [1.165, 1.54) is 0 Å². The molecule has 8 heteroatoms. The minimum absolute atomic E-state index is 0.0957. The molecule has 0 saturated carbocycles. The summed E-state index contributed by atoms with van der Waals surface area (Å²) < 4.78 is 5.22. The fourth-order valence-corrected chi connectivity index (χ4v) is 3.17. The Hall–Kier alpha value is -3.39. The summed E-state index contributed by atoms with van der Waals surface area (Å²) in [5, 5.41) is 17.8. The Bertz CT molecular complexity index is 874. The summed E-state index contributed by atoms with van der Waals surface area (Å²) in [5.41, 5.74) is 1.52. The molecule has 0 bridgehead atoms. The minimum Gasteiger partial charge on any atom is -0.445 e. The highest BCUT2D eigenvalue weighted by molar-refractivity contribution is 5.90. The Labute approximate surface area is 194 Å². The molecule has 0 aliphatic carbocycles. The second-order valence-corrected chi connectivity index (χ2v) is 8.23. The summed E-state index contributed by atoms with van der Waals surface area (Å²) in [6.45, 7) is 3.65. The third-order valence-electron chi connectivity index (χ3n) is 4.87. The number of carbonyl (C=O) groups excluding carboxylic acids is 3. The van der Waals surface area contributed by atoms with E-state index in [4.69, 9.17) is 4.74 Å². The number of hydrogen-bond acceptors (Lipinski definition) is 5. The lowest BCUT2D eigenvalue weighted by molar-refractivity contribution is -0.125. The van der Waals surface area contributed by atoms with E-state index in [0.717, 1.165) is 5.56 Å². The number of carbonyl (C=O) groups is 3. The van der Waals surface area contributed by atoms with Crippen LogP contribution in [-0.2, 0) is 20.9 Å². The quantitative estimate of drug-likeness (QED) is 0.392. The van der Waals surface area contributed by atoms with Crippen LogP contribution < -0.4 is 16.0 Å². The first kappa shape index (κ1) is 25.9. The standard InChI is InChI=1S/C25H33N3O5/c1-18(2)15-22(28-25(32)33-17-19-9-5-3-6-10-19)24(31)27-21(16-29)13-14-23(30)26-20-11-7-4-8-12-20/h3-12,18,21-22,29H,13-17H2,1-2H3,(H,26,30)(H,27,31)(H,28,32)/t21?,22-/m0/s1. The molecule has 4 N–H and O–H groups in total. The zero-order chi connectivity index (χ0) is 24.1. The van der Waals surface area contributed by atoms with Crippen molar-refractivity contribution in [3.63, 3.8) is 0 Å². The number of nitrogens with one attached hydrogen (secondary N) is 3. The zero-order valence-electron chi connectivity index (χ0n) is 19.1. The zero-order valence-corrected chi connectivity index (χ0v) is 19.1. The van der Waals surface area contributed by atoms with Crippen LogP contribution in [0, 0.1) is 5.92 Å². The van der Waals surface area contributed by atoms with Gasteiger partial charge in [0.1, 0.15) is 12.6 Å². The number of ether oxygens (including phenoxy) is 1. The van der Waals surface area contributed by atoms with Crippen LogP contribution in [0.2, 0.25) is 0 Å². The topological polar surface area (TPSA) is 117 Å². The number of alkyl carbamates (subject to hydrolysis) is 1. The number of hydrogen-bond donors (Lipinski definition) is 4. The number of anilines is 1. The first-order valence-electron chi connectivity index (χ1n) is 11.1. The number of aliphatic hydroxyl groups excluding tert-OH is 1. The van der Waals surface area contributed by atoms with Crippen LogP contribution in [0.25, 0.3) is 0 Å². The molecule has 33 heavy (non-hydrogen) atoms. The van der Waals surface area contributed by atoms with E-state index >= 15 is 0 Å². The minimum atomic E-state index is -0.819. The highest BCUT2D eigenvalue weighted by atomic mass is 16.5. The van der Waals surface area contributed by atoms with Gasteiger partial charge in [-0.2, -0.15) is 0 Å². The predicted molar refractivity (Wildman–Crippen MR) is 126 cm³/mol. The van der Waals surface area contributed by atoms with E-state index in [0.29, 0.717) is 12.1 Å². The van der Waals surface area contributed by atoms with E-state index in [1.807, 2.05) is 62.4 Å². The van der Waals surface area contributed by atoms with Crippen molar-refractivity contribution in [3.05, 3.63) is 66.2 Å². The van der Waals surface area contributed by atoms with Crippen LogP contribution >= 0.6 is 0 Å². The fraction of sp³-hybridized carbons (Fsp3) is 0.400. The smallest absolute Gasteiger partial charge is 0.408 e. The Morgan fingerprint density at radius 1 is 0.939 bits per heavy atom. The molecule has 0 heterocycles. The first-order chi connectivity index (χ1) is 15.9. The van der Waals surface area contributed by atoms with Gasteiger partial charge < -0.3 is 25.8 Å². The van der Waals surface area contributed by atoms with Gasteiger partial charge in [0.15, 0.2) is 0 Å². The second kappa shape index (κ2) is 13.9. The van der Waals surface area contributed by atoms with Crippen molar-refractivity contribution in [3.8, 4) is 0 Å². The largest absolute Gasteiger partial charge is 0.445 e. The molecule has 0 radical (unpaired) electrons. The summed E-state index contributed by atoms with van der Waals surface area (Å²) in [5.74, 6) is -0.502. The Morgan fingerprint density at radius 3 is 2.18 bits per heavy atom. The first-order valence-corrected chi connectivity index (χ1v) is 11.1. The number of amides is 3. The van der Waals surface area contributed by atoms with Crippen LogP contribution in [0.1, 0.15) is 38.7 Å². The normalized spacial score (nSPS) is 12.5. The van der Waals surface area contributed by atoms with Gasteiger partial charge in [0, 0.05) is 12.1 Å². The van der Waals surface area contributed by atoms with Gasteiger partial charge in [-0.3, -0.25) is 9.59 Å². The lowest BCUT2D eigenvalue weighted by Crippen LogP contribution is -2.51. The Morgan fingerprint density at radius 2 is 1.58 bits per heavy atom. The fourth-order valence-electron chi connectivity index (χ4n) is 3.17. The maximum atomic E-state index is 12.8. The van der Waals surface area contributed by atoms with Crippen LogP contribution in [-0.4, -0.2) is 41.7 Å². The highest BCUT2D eigenvalue weighted by Gasteiger charge is 2.25. The maximum Gasteiger partial charge on any atom is 0.408 e. The SMILES string of the molecule is CC(C)C[C@H](NC(=O)OCc1ccccc1)C(=O)NC(CO)CCC(=O)Nc1ccccc1. The summed E-state index contributed by atoms with van der Waals surface area (Å²) >= 11 is 0. The van der Waals surface area contributed by atoms with Gasteiger partial charge in [-0.15, -0.1) is 0 Å². The summed E-state index contributed by atoms with van der Waals surface area (Å²) in [6.07, 6.45) is 0.0940. The van der Waals surface area contributed by atoms with Crippen LogP contribution in [0.3, 0.4) is 0 Å². The van der Waals surface area contributed by atoms with E-state index < -0.39 is 24.1 Å². The molecule has 0 aromatic heterocycles. The monoisotopic (exact) mass is 455 g/mol. The third-order valence-corrected chi connectivity index (χ3v) is 4.87. The van der Waals surface area contributed by atoms with Gasteiger partial charge in [-0.05, 0) is 36.5 Å². The van der Waals surface area contributed by atoms with Gasteiger partial charge >= 0.3 is 6.09 Å². The van der Waals surface area contributed by atoms with Crippen LogP contribution in [0.5, 0.6) is 0 Å². The molecule has 0 fully saturated rings. The van der Waals surface area contributed by atoms with Crippen molar-refractivity contribution in [2.45, 2.75) is 51.8 Å². The maximum absolute atomic E-state index is 12.8. The predicted octanol–water partition coefficient (Wildman–Crippen LogP) is 3.22. The van der Waals surface area contributed by atoms with E-state index in [1.54, 1.807) is 12.1 Å². The van der Waals surface area contributed by atoms with Gasteiger partial charge in [0.25, 0.3) is 0 Å². The van der Waals surface area contributed by atoms with Crippen LogP contribution in [0.4, 0.5) is 10.5 Å². The van der Waals surface area contributed by atoms with Gasteiger partial charge in [0.05, 0.1) is 12.6 Å². The van der Waals surface area contributed by atoms with Crippen molar-refractivity contribution >= 4 is 23.6 Å². The summed E-state index contributed by atoms with van der Waals surface area (Å²) in [6, 6.07) is 16.9. The number of rotatable bonds is 12. The van der Waals surface area contributed by atoms with E-state index in [-0.39, 0.29) is 37.9 Å². The summed E-state index contributed by atoms with van der Waals surface area (Å²) in [7, 11) is 0. The molecule has 2 atom stereocenters. The molecule has 0 aliphatic rings. The van der Waals surface area contributed by atoms with E-state index in [2.05, 4.69) is 16.0 Å². The number of aliphatic hydroxyl groups is 1. The van der Waals surface area contributed by atoms with Crippen molar-refractivity contribution in [1.29, 1.82) is 0 Å². The average Bonchev–Trinajstić information content (AvgIpc) is 2.81. The molecule has 1 unspecified atom stereocenters. The Kier molecular flexibility index (Phi) is 10.9. The molecular weight excluding hydrogens is 422 g/mol. The number of benzene rings is 2. The van der Waals surface area contributed by atoms with Gasteiger partial charge in [-0.25, -0.2) is 4.79 Å². The second-order valence-electron chi connectivity index (χ2n) is 8.23. The molecular formula is C25H33N3O5. The van der Waals surface area contributed by atoms with Crippen LogP contribution in [0.15, 0.2) is 60.7 Å². The molecule has 3 amide bonds. The van der Waals surface area contributed by atoms with Crippen molar-refractivity contribution < 1.29 is 24.2 Å². The van der Waals surface area contributed by atoms with Crippen molar-refractivity contribution in [2.75, 3.05) is 11.9 Å². The lowest BCUT2D eigenvalue weighted by atomic mass is 10.0. The molecule has 0 saturated heterocycles. The summed E-state index contributed by atoms with van der Waals surface area (Å²) in [4.78, 5) is 37.2. The molecule has 0 spiro atoms. The molecule has 178 valence electrons. The lowest BCUT2D eigenvalue weighted by Gasteiger charge is -2.23. The molecule has 0 aliphatic heterocycles. The van der Waals surface area contributed by atoms with Crippen molar-refractivity contribution in [2.24, 2.45) is 5.92 Å². The van der Waals surface area contributed by atoms with Gasteiger partial charge in [-0.1, -0.05) is 62.4 Å². The van der Waals surface area contributed by atoms with Crippen molar-refractivity contribution in [1.82, 2.24) is 10.6 Å². The van der Waals surface area contributed by atoms with Gasteiger partial charge in [0.2, 0.25) is 11.8 Å². The molecule has 2 aromatic rings. The molecule has 2 aromatic carbocycles. The number of para-hydroxylation sites is 1. The van der Waals surface area contributed by atoms with E-state index in [9.17, 15) is 19.5 Å². The Balaban J connectivity index is 1.85. The average molecular weight is 456 g/mol. The molecule has 2 rings (SSSR count).